The normalized spacial score (nSPS) is 12.5. The number of carboxylic acid groups (broad SMARTS) is 6. The van der Waals surface area contributed by atoms with Gasteiger partial charge in [0.2, 0.25) is 5.41 Å². The molecule has 0 radical (unpaired) electrons. The molecule has 230 valence electrons. The smallest absolute Gasteiger partial charge is 0.334 e. The van der Waals surface area contributed by atoms with E-state index in [1.165, 1.54) is 57.8 Å². The molecule has 0 aliphatic carbocycles. The number of unbranched alkanes of at least 4 members (excludes halogenated alkanes) is 16. The van der Waals surface area contributed by atoms with Crippen LogP contribution < -0.4 is 0 Å². The van der Waals surface area contributed by atoms with Gasteiger partial charge < -0.3 is 30.6 Å². The summed E-state index contributed by atoms with van der Waals surface area (Å²) in [5, 5.41) is 57.5. The van der Waals surface area contributed by atoms with Gasteiger partial charge in [-0.25, -0.2) is 0 Å². The van der Waals surface area contributed by atoms with Crippen LogP contribution in [0.1, 0.15) is 122 Å². The first-order valence-corrected chi connectivity index (χ1v) is 14.3. The third-order valence-electron chi connectivity index (χ3n) is 7.65. The third-order valence-corrected chi connectivity index (χ3v) is 7.65. The first kappa shape index (κ1) is 36.8. The number of hydrogen-bond acceptors (Lipinski definition) is 6. The van der Waals surface area contributed by atoms with Crippen LogP contribution in [0, 0.1) is 16.7 Å². The maximum atomic E-state index is 12.1. The highest BCUT2D eigenvalue weighted by atomic mass is 16.4. The summed E-state index contributed by atoms with van der Waals surface area (Å²) in [7, 11) is 0. The molecule has 40 heavy (non-hydrogen) atoms. The van der Waals surface area contributed by atoms with Gasteiger partial charge in [0, 0.05) is 0 Å². The largest absolute Gasteiger partial charge is 0.481 e. The standard InChI is InChI=1S/C28H46O12/c1-2-3-4-5-6-7-8-9-10-11-12-13-14-15-16-17-18-19-20(21(29)30)27(22(31)32,23(33)34)28(24(35)36,25(37)38)26(39)40/h20H,2-19H2,1H3,(H,29,30)(H,31,32)(H,33,34)(H,35,36)(H,37,38)(H,39,40). The van der Waals surface area contributed by atoms with Gasteiger partial charge in [-0.3, -0.25) is 28.8 Å². The fraction of sp³-hybridized carbons (Fsp3) is 0.786. The van der Waals surface area contributed by atoms with Crippen LogP contribution >= 0.6 is 0 Å². The summed E-state index contributed by atoms with van der Waals surface area (Å²) in [6, 6.07) is 0. The summed E-state index contributed by atoms with van der Waals surface area (Å²) in [6.45, 7) is 2.21. The molecule has 0 aliphatic heterocycles. The predicted molar refractivity (Wildman–Crippen MR) is 143 cm³/mol. The molecular formula is C28H46O12. The molecule has 0 saturated carbocycles. The quantitative estimate of drug-likeness (QED) is 0.0584. The molecule has 0 aromatic heterocycles. The summed E-state index contributed by atoms with van der Waals surface area (Å²) in [6.07, 6.45) is 16.6. The van der Waals surface area contributed by atoms with Crippen molar-refractivity contribution >= 4 is 35.8 Å². The highest BCUT2D eigenvalue weighted by Crippen LogP contribution is 2.49. The Labute approximate surface area is 234 Å². The van der Waals surface area contributed by atoms with Gasteiger partial charge in [0.15, 0.2) is 0 Å². The minimum atomic E-state index is -4.48. The van der Waals surface area contributed by atoms with E-state index in [9.17, 15) is 59.4 Å². The zero-order valence-corrected chi connectivity index (χ0v) is 23.4. The maximum Gasteiger partial charge on any atom is 0.334 e. The van der Waals surface area contributed by atoms with E-state index in [4.69, 9.17) is 0 Å². The lowest BCUT2D eigenvalue weighted by atomic mass is 9.55. The van der Waals surface area contributed by atoms with E-state index in [2.05, 4.69) is 6.92 Å². The Morgan fingerprint density at radius 1 is 0.450 bits per heavy atom. The molecular weight excluding hydrogens is 528 g/mol. The molecule has 0 aromatic carbocycles. The Kier molecular flexibility index (Phi) is 17.5. The average Bonchev–Trinajstić information content (AvgIpc) is 2.85. The van der Waals surface area contributed by atoms with Crippen LogP contribution in [0.4, 0.5) is 0 Å². The minimum Gasteiger partial charge on any atom is -0.481 e. The molecule has 0 aliphatic rings. The highest BCUT2D eigenvalue weighted by Gasteiger charge is 2.80. The van der Waals surface area contributed by atoms with Crippen LogP contribution in [0.5, 0.6) is 0 Å². The van der Waals surface area contributed by atoms with Crippen molar-refractivity contribution in [3.63, 3.8) is 0 Å². The number of rotatable bonds is 26. The summed E-state index contributed by atoms with van der Waals surface area (Å²) < 4.78 is 0. The van der Waals surface area contributed by atoms with Crippen molar-refractivity contribution in [2.45, 2.75) is 122 Å². The van der Waals surface area contributed by atoms with Gasteiger partial charge in [-0.15, -0.1) is 0 Å². The van der Waals surface area contributed by atoms with E-state index >= 15 is 0 Å². The van der Waals surface area contributed by atoms with Gasteiger partial charge in [0.25, 0.3) is 5.41 Å². The zero-order chi connectivity index (χ0) is 30.8. The highest BCUT2D eigenvalue weighted by molar-refractivity contribution is 6.25. The van der Waals surface area contributed by atoms with Crippen molar-refractivity contribution in [1.82, 2.24) is 0 Å². The fourth-order valence-electron chi connectivity index (χ4n) is 5.35. The van der Waals surface area contributed by atoms with Crippen LogP contribution in [0.3, 0.4) is 0 Å². The molecule has 1 unspecified atom stereocenters. The second kappa shape index (κ2) is 19.0. The number of hydrogen-bond donors (Lipinski definition) is 6. The summed E-state index contributed by atoms with van der Waals surface area (Å²) in [4.78, 5) is 71.7. The van der Waals surface area contributed by atoms with Crippen LogP contribution in [0.15, 0.2) is 0 Å². The maximum absolute atomic E-state index is 12.1. The van der Waals surface area contributed by atoms with E-state index in [0.717, 1.165) is 32.1 Å². The molecule has 0 saturated heterocycles. The lowest BCUT2D eigenvalue weighted by Crippen LogP contribution is -2.68. The lowest BCUT2D eigenvalue weighted by molar-refractivity contribution is -0.209. The van der Waals surface area contributed by atoms with Gasteiger partial charge in [-0.2, -0.15) is 0 Å². The molecule has 0 amide bonds. The van der Waals surface area contributed by atoms with Crippen molar-refractivity contribution in [3.05, 3.63) is 0 Å². The molecule has 12 heteroatoms. The Hall–Kier alpha value is -3.18. The van der Waals surface area contributed by atoms with Gasteiger partial charge in [0.05, 0.1) is 5.92 Å². The van der Waals surface area contributed by atoms with E-state index < -0.39 is 59.0 Å². The van der Waals surface area contributed by atoms with Crippen LogP contribution in [-0.4, -0.2) is 66.5 Å². The Morgan fingerprint density at radius 2 is 0.725 bits per heavy atom. The fourth-order valence-corrected chi connectivity index (χ4v) is 5.35. The minimum absolute atomic E-state index is 0.0628. The number of aliphatic carboxylic acids is 6. The predicted octanol–water partition coefficient (Wildman–Crippen LogP) is 5.12. The van der Waals surface area contributed by atoms with E-state index in [1.54, 1.807) is 0 Å². The van der Waals surface area contributed by atoms with Crippen LogP contribution in [-0.2, 0) is 28.8 Å². The second-order valence-corrected chi connectivity index (χ2v) is 10.4. The molecule has 0 bridgehead atoms. The molecule has 0 spiro atoms. The third kappa shape index (κ3) is 9.48. The van der Waals surface area contributed by atoms with E-state index in [1.807, 2.05) is 0 Å². The van der Waals surface area contributed by atoms with Gasteiger partial charge in [-0.05, 0) is 6.42 Å². The molecule has 0 fully saturated rings. The monoisotopic (exact) mass is 574 g/mol. The van der Waals surface area contributed by atoms with E-state index in [-0.39, 0.29) is 6.42 Å². The zero-order valence-electron chi connectivity index (χ0n) is 23.4. The number of carbonyl (C=O) groups is 6. The lowest BCUT2D eigenvalue weighted by Gasteiger charge is -2.39. The van der Waals surface area contributed by atoms with Crippen LogP contribution in [0.2, 0.25) is 0 Å². The second-order valence-electron chi connectivity index (χ2n) is 10.4. The van der Waals surface area contributed by atoms with Crippen LogP contribution in [0.25, 0.3) is 0 Å². The van der Waals surface area contributed by atoms with Crippen molar-refractivity contribution in [2.24, 2.45) is 16.7 Å². The Bertz CT molecular complexity index is 800. The molecule has 6 N–H and O–H groups in total. The molecule has 0 rings (SSSR count). The number of carboxylic acids is 6. The van der Waals surface area contributed by atoms with Crippen molar-refractivity contribution in [1.29, 1.82) is 0 Å². The topological polar surface area (TPSA) is 224 Å². The summed E-state index contributed by atoms with van der Waals surface area (Å²) >= 11 is 0. The Balaban J connectivity index is 4.84. The average molecular weight is 575 g/mol. The molecule has 12 nitrogen and oxygen atoms in total. The van der Waals surface area contributed by atoms with Gasteiger partial charge in [0.1, 0.15) is 0 Å². The SMILES string of the molecule is CCCCCCCCCCCCCCCCCCCC(C(=O)O)C(C(=O)O)(C(=O)O)C(C(=O)O)(C(=O)O)C(=O)O. The summed E-state index contributed by atoms with van der Waals surface area (Å²) in [5.74, 6) is -18.5. The first-order valence-electron chi connectivity index (χ1n) is 14.3. The molecule has 0 heterocycles. The van der Waals surface area contributed by atoms with Crippen molar-refractivity contribution in [2.75, 3.05) is 0 Å². The first-order chi connectivity index (χ1) is 18.9. The summed E-state index contributed by atoms with van der Waals surface area (Å²) in [5.41, 5.74) is -8.69. The van der Waals surface area contributed by atoms with Crippen molar-refractivity contribution in [3.8, 4) is 0 Å². The van der Waals surface area contributed by atoms with Gasteiger partial charge in [-0.1, -0.05) is 116 Å². The molecule has 1 atom stereocenters. The molecule has 0 aromatic rings. The van der Waals surface area contributed by atoms with Gasteiger partial charge >= 0.3 is 35.8 Å². The van der Waals surface area contributed by atoms with Crippen molar-refractivity contribution < 1.29 is 59.4 Å². The Morgan fingerprint density at radius 3 is 0.950 bits per heavy atom. The van der Waals surface area contributed by atoms with E-state index in [0.29, 0.717) is 12.8 Å².